The van der Waals surface area contributed by atoms with E-state index in [1.54, 1.807) is 7.11 Å². The first-order chi connectivity index (χ1) is 10.3. The summed E-state index contributed by atoms with van der Waals surface area (Å²) in [6.45, 7) is 5.54. The monoisotopic (exact) mass is 295 g/mol. The fourth-order valence-corrected chi connectivity index (χ4v) is 2.11. The number of unbranched alkanes of at least 4 members (excludes halogenated alkanes) is 1. The molecule has 0 saturated carbocycles. The third kappa shape index (κ3) is 7.46. The molecule has 0 aromatic heterocycles. The first-order valence-electron chi connectivity index (χ1n) is 7.89. The van der Waals surface area contributed by atoms with Crippen LogP contribution >= 0.6 is 0 Å². The Hall–Kier alpha value is -1.10. The van der Waals surface area contributed by atoms with Crippen molar-refractivity contribution in [1.82, 2.24) is 5.32 Å². The molecule has 0 aliphatic carbocycles. The van der Waals surface area contributed by atoms with Crippen molar-refractivity contribution in [3.63, 3.8) is 0 Å². The van der Waals surface area contributed by atoms with Gasteiger partial charge >= 0.3 is 0 Å². The average Bonchev–Trinajstić information content (AvgIpc) is 2.53. The molecule has 0 saturated heterocycles. The molecule has 0 radical (unpaired) electrons. The lowest BCUT2D eigenvalue weighted by Gasteiger charge is -2.15. The molecule has 1 atom stereocenters. The van der Waals surface area contributed by atoms with Crippen LogP contribution in [0.3, 0.4) is 0 Å². The highest BCUT2D eigenvalue weighted by Gasteiger charge is 2.11. The number of aliphatic hydroxyl groups excluding tert-OH is 1. The lowest BCUT2D eigenvalue weighted by molar-refractivity contribution is 0.128. The highest BCUT2D eigenvalue weighted by molar-refractivity contribution is 5.34. The topological polar surface area (TPSA) is 50.7 Å². The van der Waals surface area contributed by atoms with Crippen LogP contribution in [-0.4, -0.2) is 38.5 Å². The molecular formula is C17H29NO3. The van der Waals surface area contributed by atoms with Crippen LogP contribution in [-0.2, 0) is 4.74 Å². The van der Waals surface area contributed by atoms with Gasteiger partial charge in [-0.25, -0.2) is 0 Å². The van der Waals surface area contributed by atoms with E-state index >= 15 is 0 Å². The Labute approximate surface area is 128 Å². The van der Waals surface area contributed by atoms with Gasteiger partial charge in [0, 0.05) is 18.8 Å². The summed E-state index contributed by atoms with van der Waals surface area (Å²) in [5.41, 5.74) is 0.852. The van der Waals surface area contributed by atoms with Crippen molar-refractivity contribution >= 4 is 0 Å². The quantitative estimate of drug-likeness (QED) is 0.582. The van der Waals surface area contributed by atoms with Crippen LogP contribution in [0.2, 0.25) is 0 Å². The Morgan fingerprint density at radius 1 is 1.14 bits per heavy atom. The zero-order valence-electron chi connectivity index (χ0n) is 13.3. The summed E-state index contributed by atoms with van der Waals surface area (Å²) in [6.07, 6.45) is 3.51. The van der Waals surface area contributed by atoms with Gasteiger partial charge < -0.3 is 19.9 Å². The van der Waals surface area contributed by atoms with Gasteiger partial charge in [0.1, 0.15) is 5.75 Å². The van der Waals surface area contributed by atoms with Crippen molar-refractivity contribution in [3.05, 3.63) is 29.8 Å². The first kappa shape index (κ1) is 18.0. The summed E-state index contributed by atoms with van der Waals surface area (Å²) in [5.74, 6) is 0.745. The Balaban J connectivity index is 2.09. The van der Waals surface area contributed by atoms with Crippen molar-refractivity contribution in [2.75, 3.05) is 33.4 Å². The van der Waals surface area contributed by atoms with Gasteiger partial charge in [0.15, 0.2) is 0 Å². The first-order valence-corrected chi connectivity index (χ1v) is 7.89. The fraction of sp³-hybridized carbons (Fsp3) is 0.647. The molecule has 1 aromatic carbocycles. The summed E-state index contributed by atoms with van der Waals surface area (Å²) in [6, 6.07) is 7.61. The molecule has 0 amide bonds. The molecule has 1 unspecified atom stereocenters. The van der Waals surface area contributed by atoms with E-state index in [9.17, 15) is 5.11 Å². The van der Waals surface area contributed by atoms with Crippen LogP contribution in [0, 0.1) is 0 Å². The standard InChI is InChI=1S/C17H29NO3/c1-3-4-13-21-14-7-11-18-12-10-16(19)15-8-5-6-9-17(15)20-2/h5-6,8-9,16,18-19H,3-4,7,10-14H2,1-2H3. The highest BCUT2D eigenvalue weighted by Crippen LogP contribution is 2.26. The summed E-state index contributed by atoms with van der Waals surface area (Å²) < 4.78 is 10.8. The lowest BCUT2D eigenvalue weighted by atomic mass is 10.1. The van der Waals surface area contributed by atoms with Gasteiger partial charge in [0.05, 0.1) is 13.2 Å². The number of methoxy groups -OCH3 is 1. The predicted molar refractivity (Wildman–Crippen MR) is 85.8 cm³/mol. The normalized spacial score (nSPS) is 12.3. The second-order valence-electron chi connectivity index (χ2n) is 5.12. The number of aliphatic hydroxyl groups is 1. The molecule has 0 spiro atoms. The lowest BCUT2D eigenvalue weighted by Crippen LogP contribution is -2.20. The Bertz CT molecular complexity index is 371. The SMILES string of the molecule is CCCCOCCCNCCC(O)c1ccccc1OC. The van der Waals surface area contributed by atoms with Gasteiger partial charge in [0.2, 0.25) is 0 Å². The van der Waals surface area contributed by atoms with E-state index in [2.05, 4.69) is 12.2 Å². The van der Waals surface area contributed by atoms with E-state index in [-0.39, 0.29) is 0 Å². The van der Waals surface area contributed by atoms with Gasteiger partial charge in [0.25, 0.3) is 0 Å². The van der Waals surface area contributed by atoms with Crippen LogP contribution in [0.15, 0.2) is 24.3 Å². The van der Waals surface area contributed by atoms with Crippen LogP contribution in [0.1, 0.15) is 44.3 Å². The maximum Gasteiger partial charge on any atom is 0.124 e. The number of para-hydroxylation sites is 1. The molecule has 21 heavy (non-hydrogen) atoms. The van der Waals surface area contributed by atoms with Crippen molar-refractivity contribution in [2.45, 2.75) is 38.7 Å². The zero-order chi connectivity index (χ0) is 15.3. The largest absolute Gasteiger partial charge is 0.496 e. The summed E-state index contributed by atoms with van der Waals surface area (Å²) >= 11 is 0. The van der Waals surface area contributed by atoms with E-state index in [0.717, 1.165) is 50.5 Å². The number of hydrogen-bond donors (Lipinski definition) is 2. The number of hydrogen-bond acceptors (Lipinski definition) is 4. The minimum Gasteiger partial charge on any atom is -0.496 e. The number of nitrogens with one attached hydrogen (secondary N) is 1. The molecule has 0 aliphatic rings. The molecule has 0 fully saturated rings. The summed E-state index contributed by atoms with van der Waals surface area (Å²) in [5, 5.41) is 13.5. The summed E-state index contributed by atoms with van der Waals surface area (Å²) in [7, 11) is 1.63. The van der Waals surface area contributed by atoms with E-state index in [4.69, 9.17) is 9.47 Å². The van der Waals surface area contributed by atoms with Gasteiger partial charge in [-0.1, -0.05) is 31.5 Å². The fourth-order valence-electron chi connectivity index (χ4n) is 2.11. The van der Waals surface area contributed by atoms with Gasteiger partial charge in [-0.2, -0.15) is 0 Å². The molecule has 4 nitrogen and oxygen atoms in total. The van der Waals surface area contributed by atoms with Crippen LogP contribution in [0.4, 0.5) is 0 Å². The zero-order valence-corrected chi connectivity index (χ0v) is 13.3. The number of rotatable bonds is 12. The van der Waals surface area contributed by atoms with Crippen molar-refractivity contribution in [2.24, 2.45) is 0 Å². The van der Waals surface area contributed by atoms with E-state index in [1.807, 2.05) is 24.3 Å². The van der Waals surface area contributed by atoms with E-state index in [0.29, 0.717) is 6.42 Å². The minimum atomic E-state index is -0.491. The maximum absolute atomic E-state index is 10.2. The molecule has 0 heterocycles. The third-order valence-electron chi connectivity index (χ3n) is 3.38. The Kier molecular flexibility index (Phi) is 9.87. The van der Waals surface area contributed by atoms with Crippen LogP contribution < -0.4 is 10.1 Å². The van der Waals surface area contributed by atoms with Gasteiger partial charge in [-0.3, -0.25) is 0 Å². The molecule has 120 valence electrons. The summed E-state index contributed by atoms with van der Waals surface area (Å²) in [4.78, 5) is 0. The van der Waals surface area contributed by atoms with Crippen molar-refractivity contribution < 1.29 is 14.6 Å². The predicted octanol–water partition coefficient (Wildman–Crippen LogP) is 2.92. The van der Waals surface area contributed by atoms with Crippen molar-refractivity contribution in [3.8, 4) is 5.75 Å². The molecule has 4 heteroatoms. The molecular weight excluding hydrogens is 266 g/mol. The number of ether oxygens (including phenoxy) is 2. The second-order valence-corrected chi connectivity index (χ2v) is 5.12. The number of benzene rings is 1. The maximum atomic E-state index is 10.2. The molecule has 0 bridgehead atoms. The molecule has 2 N–H and O–H groups in total. The average molecular weight is 295 g/mol. The van der Waals surface area contributed by atoms with Crippen molar-refractivity contribution in [1.29, 1.82) is 0 Å². The van der Waals surface area contributed by atoms with Gasteiger partial charge in [-0.15, -0.1) is 0 Å². The smallest absolute Gasteiger partial charge is 0.124 e. The Morgan fingerprint density at radius 3 is 2.67 bits per heavy atom. The van der Waals surface area contributed by atoms with Gasteiger partial charge in [-0.05, 0) is 38.4 Å². The molecule has 1 rings (SSSR count). The van der Waals surface area contributed by atoms with E-state index < -0.39 is 6.10 Å². The van der Waals surface area contributed by atoms with E-state index in [1.165, 1.54) is 6.42 Å². The third-order valence-corrected chi connectivity index (χ3v) is 3.38. The molecule has 0 aliphatic heterocycles. The van der Waals surface area contributed by atoms with Crippen LogP contribution in [0.25, 0.3) is 0 Å². The molecule has 1 aromatic rings. The second kappa shape index (κ2) is 11.5. The van der Waals surface area contributed by atoms with Crippen LogP contribution in [0.5, 0.6) is 5.75 Å². The minimum absolute atomic E-state index is 0.491. The Morgan fingerprint density at radius 2 is 1.90 bits per heavy atom. The highest BCUT2D eigenvalue weighted by atomic mass is 16.5.